The Kier molecular flexibility index (Phi) is 4.72. The first kappa shape index (κ1) is 19.7. The Morgan fingerprint density at radius 2 is 1.90 bits per heavy atom. The van der Waals surface area contributed by atoms with Gasteiger partial charge in [-0.2, -0.15) is 0 Å². The molecular formula is C23H21ClN4O3. The zero-order chi connectivity index (χ0) is 21.6. The van der Waals surface area contributed by atoms with Crippen LogP contribution in [0.4, 0.5) is 5.69 Å². The van der Waals surface area contributed by atoms with Crippen LogP contribution in [0, 0.1) is 5.41 Å². The standard InChI is InChI=1S/C23H21ClN4O3/c24-16-3-6-20-15(7-16)8-18(21(29)27-20)19(25)9-26-17-4-1-14(2-5-17)22(30)28-10-23(11-28)12-31-13-23/h1-9,26H,10-13,25H2,(H,27,29)/b19-9-. The van der Waals surface area contributed by atoms with Gasteiger partial charge in [-0.15, -0.1) is 0 Å². The lowest BCUT2D eigenvalue weighted by Gasteiger charge is -2.54. The number of hydrogen-bond acceptors (Lipinski definition) is 5. The molecular weight excluding hydrogens is 416 g/mol. The van der Waals surface area contributed by atoms with E-state index in [1.165, 1.54) is 0 Å². The molecule has 3 heterocycles. The maximum Gasteiger partial charge on any atom is 0.257 e. The van der Waals surface area contributed by atoms with Gasteiger partial charge < -0.3 is 25.7 Å². The van der Waals surface area contributed by atoms with Gasteiger partial charge in [0.05, 0.1) is 29.9 Å². The molecule has 1 amide bonds. The number of nitrogens with two attached hydrogens (primary N) is 1. The number of hydrogen-bond donors (Lipinski definition) is 3. The largest absolute Gasteiger partial charge is 0.397 e. The summed E-state index contributed by atoms with van der Waals surface area (Å²) in [6.07, 6.45) is 1.56. The van der Waals surface area contributed by atoms with Gasteiger partial charge in [0.1, 0.15) is 0 Å². The van der Waals surface area contributed by atoms with Crippen molar-refractivity contribution in [3.8, 4) is 0 Å². The lowest BCUT2D eigenvalue weighted by Crippen LogP contribution is -2.67. The number of fused-ring (bicyclic) bond motifs is 1. The smallest absolute Gasteiger partial charge is 0.257 e. The minimum Gasteiger partial charge on any atom is -0.397 e. The fourth-order valence-corrected chi connectivity index (χ4v) is 4.18. The van der Waals surface area contributed by atoms with Crippen molar-refractivity contribution in [1.29, 1.82) is 0 Å². The van der Waals surface area contributed by atoms with E-state index in [4.69, 9.17) is 22.1 Å². The fourth-order valence-electron chi connectivity index (χ4n) is 4.00. The van der Waals surface area contributed by atoms with Gasteiger partial charge in [-0.3, -0.25) is 9.59 Å². The first-order valence-electron chi connectivity index (χ1n) is 9.95. The summed E-state index contributed by atoms with van der Waals surface area (Å²) >= 11 is 6.04. The van der Waals surface area contributed by atoms with Gasteiger partial charge in [0.25, 0.3) is 11.5 Å². The second-order valence-corrected chi connectivity index (χ2v) is 8.66. The highest BCUT2D eigenvalue weighted by atomic mass is 35.5. The molecule has 4 N–H and O–H groups in total. The molecule has 0 atom stereocenters. The van der Waals surface area contributed by atoms with Crippen LogP contribution in [-0.4, -0.2) is 42.1 Å². The van der Waals surface area contributed by atoms with Crippen molar-refractivity contribution in [2.75, 3.05) is 31.6 Å². The predicted molar refractivity (Wildman–Crippen MR) is 121 cm³/mol. The second kappa shape index (κ2) is 7.44. The van der Waals surface area contributed by atoms with E-state index in [9.17, 15) is 9.59 Å². The Labute approximate surface area is 183 Å². The summed E-state index contributed by atoms with van der Waals surface area (Å²) in [5, 5.41) is 4.45. The van der Waals surface area contributed by atoms with Gasteiger partial charge in [-0.25, -0.2) is 0 Å². The third kappa shape index (κ3) is 3.66. The first-order chi connectivity index (χ1) is 14.9. The zero-order valence-electron chi connectivity index (χ0n) is 16.7. The number of aromatic nitrogens is 1. The van der Waals surface area contributed by atoms with Crippen LogP contribution in [0.5, 0.6) is 0 Å². The third-order valence-corrected chi connectivity index (χ3v) is 6.03. The van der Waals surface area contributed by atoms with E-state index in [1.54, 1.807) is 42.6 Å². The highest BCUT2D eigenvalue weighted by Gasteiger charge is 2.50. The predicted octanol–water partition coefficient (Wildman–Crippen LogP) is 3.02. The van der Waals surface area contributed by atoms with Crippen LogP contribution in [-0.2, 0) is 4.74 Å². The number of benzene rings is 2. The minimum absolute atomic E-state index is 0.0282. The lowest BCUT2D eigenvalue weighted by atomic mass is 9.78. The normalized spacial score (nSPS) is 17.3. The molecule has 158 valence electrons. The average molecular weight is 437 g/mol. The van der Waals surface area contributed by atoms with E-state index >= 15 is 0 Å². The lowest BCUT2D eigenvalue weighted by molar-refractivity contribution is -0.176. The number of pyridine rings is 1. The summed E-state index contributed by atoms with van der Waals surface area (Å²) in [4.78, 5) is 29.6. The maximum absolute atomic E-state index is 12.6. The van der Waals surface area contributed by atoms with Crippen LogP contribution in [0.15, 0.2) is 59.5 Å². The van der Waals surface area contributed by atoms with Crippen molar-refractivity contribution < 1.29 is 9.53 Å². The van der Waals surface area contributed by atoms with Gasteiger partial charge in [0.15, 0.2) is 0 Å². The van der Waals surface area contributed by atoms with Crippen molar-refractivity contribution in [3.63, 3.8) is 0 Å². The molecule has 5 rings (SSSR count). The number of ether oxygens (including phenoxy) is 1. The number of rotatable bonds is 4. The molecule has 0 aliphatic carbocycles. The van der Waals surface area contributed by atoms with E-state index in [-0.39, 0.29) is 22.6 Å². The van der Waals surface area contributed by atoms with Crippen molar-refractivity contribution >= 4 is 39.8 Å². The molecule has 3 aromatic rings. The van der Waals surface area contributed by atoms with Crippen LogP contribution in [0.3, 0.4) is 0 Å². The molecule has 7 nitrogen and oxygen atoms in total. The molecule has 2 saturated heterocycles. The SMILES string of the molecule is N/C(=C\Nc1ccc(C(=O)N2CC3(COC3)C2)cc1)c1cc2cc(Cl)ccc2[nH]c1=O. The van der Waals surface area contributed by atoms with Crippen molar-refractivity contribution in [2.45, 2.75) is 0 Å². The molecule has 1 aromatic heterocycles. The summed E-state index contributed by atoms with van der Waals surface area (Å²) < 4.78 is 5.25. The number of carbonyl (C=O) groups is 1. The number of amides is 1. The molecule has 0 unspecified atom stereocenters. The zero-order valence-corrected chi connectivity index (χ0v) is 17.4. The topological polar surface area (TPSA) is 100 Å². The Morgan fingerprint density at radius 3 is 2.58 bits per heavy atom. The summed E-state index contributed by atoms with van der Waals surface area (Å²) in [5.74, 6) is 0.0282. The number of carbonyl (C=O) groups excluding carboxylic acids is 1. The van der Waals surface area contributed by atoms with Crippen LogP contribution < -0.4 is 16.6 Å². The van der Waals surface area contributed by atoms with Crippen molar-refractivity contribution in [2.24, 2.45) is 11.1 Å². The van der Waals surface area contributed by atoms with Gasteiger partial charge in [-0.1, -0.05) is 11.6 Å². The van der Waals surface area contributed by atoms with E-state index in [0.29, 0.717) is 21.7 Å². The Morgan fingerprint density at radius 1 is 1.16 bits per heavy atom. The number of aromatic amines is 1. The highest BCUT2D eigenvalue weighted by molar-refractivity contribution is 6.31. The quantitative estimate of drug-likeness (QED) is 0.583. The minimum atomic E-state index is -0.282. The average Bonchev–Trinajstić information content (AvgIpc) is 2.70. The number of nitrogens with zero attached hydrogens (tertiary/aromatic N) is 1. The first-order valence-corrected chi connectivity index (χ1v) is 10.3. The summed E-state index contributed by atoms with van der Waals surface area (Å²) in [7, 11) is 0. The molecule has 2 fully saturated rings. The fraction of sp³-hybridized carbons (Fsp3) is 0.217. The molecule has 1 spiro atoms. The van der Waals surface area contributed by atoms with Crippen LogP contribution in [0.1, 0.15) is 15.9 Å². The van der Waals surface area contributed by atoms with Gasteiger partial charge in [-0.05, 0) is 48.5 Å². The third-order valence-electron chi connectivity index (χ3n) is 5.80. The molecule has 0 bridgehead atoms. The number of likely N-dealkylation sites (tertiary alicyclic amines) is 1. The molecule has 2 aliphatic heterocycles. The second-order valence-electron chi connectivity index (χ2n) is 8.22. The van der Waals surface area contributed by atoms with Gasteiger partial charge >= 0.3 is 0 Å². The highest BCUT2D eigenvalue weighted by Crippen LogP contribution is 2.38. The number of H-pyrrole nitrogens is 1. The van der Waals surface area contributed by atoms with Crippen LogP contribution in [0.2, 0.25) is 5.02 Å². The molecule has 0 saturated carbocycles. The Balaban J connectivity index is 1.28. The summed E-state index contributed by atoms with van der Waals surface area (Å²) in [5.41, 5.74) is 8.78. The van der Waals surface area contributed by atoms with Crippen molar-refractivity contribution in [3.05, 3.63) is 81.2 Å². The maximum atomic E-state index is 12.6. The Bertz CT molecular complexity index is 1250. The van der Waals surface area contributed by atoms with Gasteiger partial charge in [0, 0.05) is 46.5 Å². The van der Waals surface area contributed by atoms with E-state index in [1.807, 2.05) is 17.0 Å². The number of anilines is 1. The molecule has 2 aromatic carbocycles. The van der Waals surface area contributed by atoms with Crippen molar-refractivity contribution in [1.82, 2.24) is 9.88 Å². The number of halogens is 1. The molecule has 2 aliphatic rings. The summed E-state index contributed by atoms with van der Waals surface area (Å²) in [6.45, 7) is 3.02. The monoisotopic (exact) mass is 436 g/mol. The molecule has 31 heavy (non-hydrogen) atoms. The van der Waals surface area contributed by atoms with Gasteiger partial charge in [0.2, 0.25) is 0 Å². The van der Waals surface area contributed by atoms with E-state index < -0.39 is 0 Å². The van der Waals surface area contributed by atoms with Crippen LogP contribution >= 0.6 is 11.6 Å². The number of nitrogens with one attached hydrogen (secondary N) is 2. The molecule has 0 radical (unpaired) electrons. The Hall–Kier alpha value is -3.29. The molecule has 8 heteroatoms. The van der Waals surface area contributed by atoms with Crippen LogP contribution in [0.25, 0.3) is 16.6 Å². The van der Waals surface area contributed by atoms with E-state index in [0.717, 1.165) is 37.4 Å². The van der Waals surface area contributed by atoms with E-state index in [2.05, 4.69) is 10.3 Å². The summed E-state index contributed by atoms with van der Waals surface area (Å²) in [6, 6.07) is 14.1.